The second-order valence-corrected chi connectivity index (χ2v) is 3.49. The first-order chi connectivity index (χ1) is 6.70. The smallest absolute Gasteiger partial charge is 0.348 e. The highest BCUT2D eigenvalue weighted by molar-refractivity contribution is 7.12. The topological polar surface area (TPSA) is 70.3 Å². The Morgan fingerprint density at radius 3 is 3.14 bits per heavy atom. The van der Waals surface area contributed by atoms with Crippen molar-refractivity contribution in [1.29, 1.82) is 5.26 Å². The van der Waals surface area contributed by atoms with Crippen molar-refractivity contribution in [3.63, 3.8) is 0 Å². The van der Waals surface area contributed by atoms with Gasteiger partial charge in [0.25, 0.3) is 0 Å². The van der Waals surface area contributed by atoms with Gasteiger partial charge in [-0.05, 0) is 11.4 Å². The largest absolute Gasteiger partial charge is 0.465 e. The molecule has 0 aliphatic carbocycles. The van der Waals surface area contributed by atoms with Gasteiger partial charge in [0.15, 0.2) is 0 Å². The van der Waals surface area contributed by atoms with Gasteiger partial charge in [0, 0.05) is 5.56 Å². The fraction of sp³-hybridized carbons (Fsp3) is 0.333. The average molecular weight is 211 g/mol. The van der Waals surface area contributed by atoms with Crippen LogP contribution in [0.15, 0.2) is 11.4 Å². The maximum absolute atomic E-state index is 11.2. The fourth-order valence-corrected chi connectivity index (χ4v) is 1.91. The van der Waals surface area contributed by atoms with Crippen LogP contribution in [0.2, 0.25) is 0 Å². The van der Waals surface area contributed by atoms with Gasteiger partial charge < -0.3 is 9.84 Å². The Balaban J connectivity index is 2.93. The van der Waals surface area contributed by atoms with Gasteiger partial charge in [-0.25, -0.2) is 4.79 Å². The number of aliphatic hydroxyl groups is 1. The third-order valence-corrected chi connectivity index (χ3v) is 2.62. The van der Waals surface area contributed by atoms with Crippen LogP contribution in [-0.2, 0) is 4.74 Å². The third-order valence-electron chi connectivity index (χ3n) is 1.71. The van der Waals surface area contributed by atoms with E-state index in [1.165, 1.54) is 18.4 Å². The Morgan fingerprint density at radius 1 is 1.86 bits per heavy atom. The van der Waals surface area contributed by atoms with Crippen LogP contribution in [0.5, 0.6) is 0 Å². The molecule has 1 heterocycles. The van der Waals surface area contributed by atoms with E-state index >= 15 is 0 Å². The lowest BCUT2D eigenvalue weighted by molar-refractivity contribution is 0.0599. The number of hydrogen-bond acceptors (Lipinski definition) is 5. The molecule has 0 saturated carbocycles. The van der Waals surface area contributed by atoms with Gasteiger partial charge in [0.1, 0.15) is 4.88 Å². The number of aliphatic hydroxyl groups excluding tert-OH is 1. The molecule has 0 aromatic carbocycles. The quantitative estimate of drug-likeness (QED) is 0.769. The number of carbonyl (C=O) groups excluding carboxylic acids is 1. The zero-order chi connectivity index (χ0) is 10.6. The second kappa shape index (κ2) is 4.74. The summed E-state index contributed by atoms with van der Waals surface area (Å²) in [6.07, 6.45) is -0.943. The van der Waals surface area contributed by atoms with Crippen LogP contribution in [0.1, 0.15) is 27.8 Å². The standard InChI is InChI=1S/C9H9NO3S/c1-13-9(12)8-6(3-5-14-8)7(11)2-4-10/h3,5,7,11H,2H2,1H3. The highest BCUT2D eigenvalue weighted by Gasteiger charge is 2.19. The number of carbonyl (C=O) groups is 1. The van der Waals surface area contributed by atoms with Crippen molar-refractivity contribution in [3.05, 3.63) is 21.9 Å². The molecule has 14 heavy (non-hydrogen) atoms. The molecule has 1 N–H and O–H groups in total. The lowest BCUT2D eigenvalue weighted by Gasteiger charge is -2.06. The minimum absolute atomic E-state index is 0.0271. The van der Waals surface area contributed by atoms with E-state index < -0.39 is 12.1 Å². The van der Waals surface area contributed by atoms with Gasteiger partial charge in [-0.2, -0.15) is 5.26 Å². The monoisotopic (exact) mass is 211 g/mol. The van der Waals surface area contributed by atoms with Crippen molar-refractivity contribution in [2.45, 2.75) is 12.5 Å². The van der Waals surface area contributed by atoms with E-state index in [1.807, 2.05) is 6.07 Å². The number of thiophene rings is 1. The van der Waals surface area contributed by atoms with Crippen molar-refractivity contribution in [2.24, 2.45) is 0 Å². The summed E-state index contributed by atoms with van der Waals surface area (Å²) in [6.45, 7) is 0. The van der Waals surface area contributed by atoms with Crippen LogP contribution in [0.4, 0.5) is 0 Å². The predicted octanol–water partition coefficient (Wildman–Crippen LogP) is 1.48. The predicted molar refractivity (Wildman–Crippen MR) is 50.8 cm³/mol. The van der Waals surface area contributed by atoms with Crippen LogP contribution < -0.4 is 0 Å². The number of nitriles is 1. The first-order valence-electron chi connectivity index (χ1n) is 3.91. The summed E-state index contributed by atoms with van der Waals surface area (Å²) in [6, 6.07) is 3.47. The molecule has 0 spiro atoms. The summed E-state index contributed by atoms with van der Waals surface area (Å²) in [5, 5.41) is 19.6. The molecule has 1 atom stereocenters. The first kappa shape index (κ1) is 10.7. The Morgan fingerprint density at radius 2 is 2.57 bits per heavy atom. The number of methoxy groups -OCH3 is 1. The Bertz CT molecular complexity index is 366. The lowest BCUT2D eigenvalue weighted by atomic mass is 10.1. The van der Waals surface area contributed by atoms with Crippen LogP contribution in [-0.4, -0.2) is 18.2 Å². The van der Waals surface area contributed by atoms with Crippen molar-refractivity contribution < 1.29 is 14.6 Å². The van der Waals surface area contributed by atoms with Crippen LogP contribution in [0.25, 0.3) is 0 Å². The molecule has 0 aliphatic heterocycles. The van der Waals surface area contributed by atoms with Crippen LogP contribution in [0, 0.1) is 11.3 Å². The van der Waals surface area contributed by atoms with E-state index in [4.69, 9.17) is 5.26 Å². The van der Waals surface area contributed by atoms with Gasteiger partial charge in [-0.1, -0.05) is 0 Å². The first-order valence-corrected chi connectivity index (χ1v) is 4.79. The average Bonchev–Trinajstić information content (AvgIpc) is 2.65. The molecular weight excluding hydrogens is 202 g/mol. The molecule has 1 aromatic heterocycles. The number of hydrogen-bond donors (Lipinski definition) is 1. The van der Waals surface area contributed by atoms with Gasteiger partial charge in [0.05, 0.1) is 25.7 Å². The van der Waals surface area contributed by atoms with Gasteiger partial charge >= 0.3 is 5.97 Å². The molecule has 0 radical (unpaired) electrons. The normalized spacial score (nSPS) is 11.8. The van der Waals surface area contributed by atoms with Crippen LogP contribution >= 0.6 is 11.3 Å². The summed E-state index contributed by atoms with van der Waals surface area (Å²) in [4.78, 5) is 11.6. The molecule has 0 fully saturated rings. The summed E-state index contributed by atoms with van der Waals surface area (Å²) < 4.78 is 4.54. The van der Waals surface area contributed by atoms with Gasteiger partial charge in [-0.3, -0.25) is 0 Å². The summed E-state index contributed by atoms with van der Waals surface area (Å²) in [7, 11) is 1.28. The van der Waals surface area contributed by atoms with Gasteiger partial charge in [-0.15, -0.1) is 11.3 Å². The van der Waals surface area contributed by atoms with Crippen molar-refractivity contribution in [3.8, 4) is 6.07 Å². The van der Waals surface area contributed by atoms with Gasteiger partial charge in [0.2, 0.25) is 0 Å². The van der Waals surface area contributed by atoms with E-state index in [2.05, 4.69) is 4.74 Å². The molecule has 0 saturated heterocycles. The molecule has 0 amide bonds. The molecule has 1 rings (SSSR count). The minimum atomic E-state index is -0.916. The zero-order valence-corrected chi connectivity index (χ0v) is 8.37. The number of nitrogens with zero attached hydrogens (tertiary/aromatic N) is 1. The highest BCUT2D eigenvalue weighted by Crippen LogP contribution is 2.25. The van der Waals surface area contributed by atoms with E-state index in [1.54, 1.807) is 11.4 Å². The SMILES string of the molecule is COC(=O)c1sccc1C(O)CC#N. The zero-order valence-electron chi connectivity index (χ0n) is 7.56. The van der Waals surface area contributed by atoms with E-state index in [-0.39, 0.29) is 6.42 Å². The molecule has 4 nitrogen and oxygen atoms in total. The summed E-state index contributed by atoms with van der Waals surface area (Å²) in [5.74, 6) is -0.480. The highest BCUT2D eigenvalue weighted by atomic mass is 32.1. The van der Waals surface area contributed by atoms with Crippen molar-refractivity contribution in [2.75, 3.05) is 7.11 Å². The van der Waals surface area contributed by atoms with Crippen molar-refractivity contribution in [1.82, 2.24) is 0 Å². The number of rotatable bonds is 3. The molecule has 1 aromatic rings. The molecule has 0 aliphatic rings. The molecule has 0 bridgehead atoms. The Kier molecular flexibility index (Phi) is 3.63. The summed E-state index contributed by atoms with van der Waals surface area (Å²) >= 11 is 1.19. The van der Waals surface area contributed by atoms with Crippen molar-refractivity contribution >= 4 is 17.3 Å². The van der Waals surface area contributed by atoms with E-state index in [0.29, 0.717) is 10.4 Å². The molecular formula is C9H9NO3S. The lowest BCUT2D eigenvalue weighted by Crippen LogP contribution is -2.05. The molecule has 1 unspecified atom stereocenters. The summed E-state index contributed by atoms with van der Waals surface area (Å²) in [5.41, 5.74) is 0.461. The van der Waals surface area contributed by atoms with E-state index in [0.717, 1.165) is 0 Å². The number of esters is 1. The Hall–Kier alpha value is -1.38. The maximum Gasteiger partial charge on any atom is 0.348 e. The van der Waals surface area contributed by atoms with Crippen LogP contribution in [0.3, 0.4) is 0 Å². The second-order valence-electron chi connectivity index (χ2n) is 2.57. The Labute approximate surface area is 85.4 Å². The minimum Gasteiger partial charge on any atom is -0.465 e. The molecule has 5 heteroatoms. The van der Waals surface area contributed by atoms with E-state index in [9.17, 15) is 9.90 Å². The fourth-order valence-electron chi connectivity index (χ4n) is 1.04. The molecule has 74 valence electrons. The third kappa shape index (κ3) is 2.10. The maximum atomic E-state index is 11.2. The number of ether oxygens (including phenoxy) is 1.